The van der Waals surface area contributed by atoms with Crippen molar-refractivity contribution in [2.45, 2.75) is 44.2 Å². The zero-order valence-corrected chi connectivity index (χ0v) is 16.6. The number of aldehydes is 1. The number of para-hydroxylation sites is 1. The van der Waals surface area contributed by atoms with E-state index in [1.807, 2.05) is 36.4 Å². The summed E-state index contributed by atoms with van der Waals surface area (Å²) in [4.78, 5) is 20.3. The Balaban J connectivity index is 0.000000251. The van der Waals surface area contributed by atoms with Crippen LogP contribution in [0.25, 0.3) is 0 Å². The first-order chi connectivity index (χ1) is 14.0. The zero-order valence-electron chi connectivity index (χ0n) is 16.6. The molecule has 7 heteroatoms. The van der Waals surface area contributed by atoms with Crippen LogP contribution in [0.15, 0.2) is 54.6 Å². The highest BCUT2D eigenvalue weighted by Gasteiger charge is 2.06. The number of carbonyl (C=O) groups excluding carboxylic acids is 1. The lowest BCUT2D eigenvalue weighted by atomic mass is 9.97. The van der Waals surface area contributed by atoms with Crippen LogP contribution in [0, 0.1) is 0 Å². The SMILES string of the molecule is NC1CCCCC1.NCC(N)C(=O)O.O=Cc1cccc(Oc2ccccc2)c1. The summed E-state index contributed by atoms with van der Waals surface area (Å²) >= 11 is 0. The van der Waals surface area contributed by atoms with Gasteiger partial charge in [-0.15, -0.1) is 0 Å². The second-order valence-corrected chi connectivity index (χ2v) is 6.68. The number of carboxylic acid groups (broad SMARTS) is 1. The topological polar surface area (TPSA) is 142 Å². The van der Waals surface area contributed by atoms with E-state index in [1.54, 1.807) is 18.2 Å². The van der Waals surface area contributed by atoms with E-state index in [4.69, 9.17) is 27.0 Å². The van der Waals surface area contributed by atoms with Crippen LogP contribution in [0.2, 0.25) is 0 Å². The maximum Gasteiger partial charge on any atom is 0.321 e. The number of hydrogen-bond donors (Lipinski definition) is 4. The minimum absolute atomic E-state index is 0.00463. The fourth-order valence-electron chi connectivity index (χ4n) is 2.51. The van der Waals surface area contributed by atoms with E-state index < -0.39 is 12.0 Å². The molecule has 0 bridgehead atoms. The van der Waals surface area contributed by atoms with Crippen molar-refractivity contribution in [1.29, 1.82) is 0 Å². The van der Waals surface area contributed by atoms with Crippen molar-refractivity contribution in [3.05, 3.63) is 60.2 Å². The molecule has 3 rings (SSSR count). The summed E-state index contributed by atoms with van der Waals surface area (Å²) in [5.41, 5.74) is 16.0. The molecule has 29 heavy (non-hydrogen) atoms. The van der Waals surface area contributed by atoms with Crippen molar-refractivity contribution < 1.29 is 19.4 Å². The number of hydrogen-bond acceptors (Lipinski definition) is 6. The Bertz CT molecular complexity index is 719. The van der Waals surface area contributed by atoms with Gasteiger partial charge in [0.1, 0.15) is 23.8 Å². The molecule has 0 saturated heterocycles. The molecule has 0 heterocycles. The molecule has 2 aromatic rings. The van der Waals surface area contributed by atoms with Crippen LogP contribution in [0.1, 0.15) is 42.5 Å². The van der Waals surface area contributed by atoms with E-state index in [0.29, 0.717) is 17.4 Å². The van der Waals surface area contributed by atoms with Gasteiger partial charge in [-0.1, -0.05) is 49.6 Å². The number of carboxylic acids is 1. The van der Waals surface area contributed by atoms with Gasteiger partial charge in [0.25, 0.3) is 0 Å². The molecule has 0 aromatic heterocycles. The van der Waals surface area contributed by atoms with Gasteiger partial charge in [0.2, 0.25) is 0 Å². The maximum absolute atomic E-state index is 10.6. The molecule has 0 radical (unpaired) electrons. The summed E-state index contributed by atoms with van der Waals surface area (Å²) in [6.07, 6.45) is 7.47. The van der Waals surface area contributed by atoms with Gasteiger partial charge >= 0.3 is 5.97 Å². The predicted octanol–water partition coefficient (Wildman–Crippen LogP) is 2.93. The Kier molecular flexibility index (Phi) is 12.0. The van der Waals surface area contributed by atoms with Crippen LogP contribution in [-0.4, -0.2) is 36.0 Å². The molecule has 7 N–H and O–H groups in total. The highest BCUT2D eigenvalue weighted by Crippen LogP contribution is 2.21. The van der Waals surface area contributed by atoms with Crippen LogP contribution in [-0.2, 0) is 4.79 Å². The predicted molar refractivity (Wildman–Crippen MR) is 114 cm³/mol. The Morgan fingerprint density at radius 1 is 1.07 bits per heavy atom. The average Bonchev–Trinajstić information content (AvgIpc) is 2.75. The van der Waals surface area contributed by atoms with Gasteiger partial charge in [0, 0.05) is 18.2 Å². The molecule has 0 spiro atoms. The molecule has 7 nitrogen and oxygen atoms in total. The van der Waals surface area contributed by atoms with Gasteiger partial charge < -0.3 is 27.0 Å². The van der Waals surface area contributed by atoms with Crippen LogP contribution >= 0.6 is 0 Å². The van der Waals surface area contributed by atoms with E-state index in [9.17, 15) is 9.59 Å². The first-order valence-corrected chi connectivity index (χ1v) is 9.68. The monoisotopic (exact) mass is 401 g/mol. The van der Waals surface area contributed by atoms with Crippen molar-refractivity contribution >= 4 is 12.3 Å². The van der Waals surface area contributed by atoms with E-state index in [0.717, 1.165) is 12.0 Å². The summed E-state index contributed by atoms with van der Waals surface area (Å²) in [5.74, 6) is 0.383. The van der Waals surface area contributed by atoms with Crippen molar-refractivity contribution in [2.24, 2.45) is 17.2 Å². The Labute approximate surface area is 171 Å². The largest absolute Gasteiger partial charge is 0.480 e. The molecule has 0 aliphatic heterocycles. The van der Waals surface area contributed by atoms with Crippen LogP contribution in [0.5, 0.6) is 11.5 Å². The minimum Gasteiger partial charge on any atom is -0.480 e. The quantitative estimate of drug-likeness (QED) is 0.564. The number of carbonyl (C=O) groups is 2. The molecule has 2 aromatic carbocycles. The third-order valence-electron chi connectivity index (χ3n) is 4.19. The lowest BCUT2D eigenvalue weighted by molar-refractivity contribution is -0.138. The van der Waals surface area contributed by atoms with Crippen molar-refractivity contribution in [2.75, 3.05) is 6.54 Å². The molecule has 1 fully saturated rings. The van der Waals surface area contributed by atoms with Crippen LogP contribution in [0.3, 0.4) is 0 Å². The number of nitrogens with two attached hydrogens (primary N) is 3. The molecule has 1 atom stereocenters. The van der Waals surface area contributed by atoms with Gasteiger partial charge in [-0.25, -0.2) is 0 Å². The Morgan fingerprint density at radius 2 is 1.69 bits per heavy atom. The van der Waals surface area contributed by atoms with Gasteiger partial charge in [0.15, 0.2) is 0 Å². The number of rotatable bonds is 5. The smallest absolute Gasteiger partial charge is 0.321 e. The summed E-state index contributed by atoms with van der Waals surface area (Å²) in [6, 6.07) is 16.2. The lowest BCUT2D eigenvalue weighted by Crippen LogP contribution is -2.37. The molecule has 1 saturated carbocycles. The number of benzene rings is 2. The molecule has 1 aliphatic rings. The van der Waals surface area contributed by atoms with E-state index in [2.05, 4.69) is 0 Å². The Hall–Kier alpha value is -2.74. The van der Waals surface area contributed by atoms with Gasteiger partial charge in [-0.2, -0.15) is 0 Å². The standard InChI is InChI=1S/C13H10O2.C6H13N.C3H8N2O2/c14-10-11-5-4-8-13(9-11)15-12-6-2-1-3-7-12;7-6-4-2-1-3-5-6;4-1-2(5)3(6)7/h1-10H;6H,1-5,7H2;2H,1,4-5H2,(H,6,7). The van der Waals surface area contributed by atoms with Crippen molar-refractivity contribution in [3.8, 4) is 11.5 Å². The minimum atomic E-state index is -1.05. The zero-order chi connectivity index (χ0) is 21.5. The van der Waals surface area contributed by atoms with Gasteiger partial charge in [-0.3, -0.25) is 9.59 Å². The summed E-state index contributed by atoms with van der Waals surface area (Å²) < 4.78 is 5.56. The van der Waals surface area contributed by atoms with Gasteiger partial charge in [-0.05, 0) is 37.1 Å². The second-order valence-electron chi connectivity index (χ2n) is 6.68. The van der Waals surface area contributed by atoms with Gasteiger partial charge in [0.05, 0.1) is 0 Å². The Morgan fingerprint density at radius 3 is 2.14 bits per heavy atom. The lowest BCUT2D eigenvalue weighted by Gasteiger charge is -2.15. The molecule has 158 valence electrons. The molecular weight excluding hydrogens is 370 g/mol. The first-order valence-electron chi connectivity index (χ1n) is 9.68. The third kappa shape index (κ3) is 11.0. The highest BCUT2D eigenvalue weighted by molar-refractivity contribution is 5.75. The fourth-order valence-corrected chi connectivity index (χ4v) is 2.51. The molecular formula is C22H31N3O4. The van der Waals surface area contributed by atoms with E-state index in [-0.39, 0.29) is 6.54 Å². The van der Waals surface area contributed by atoms with Crippen molar-refractivity contribution in [3.63, 3.8) is 0 Å². The highest BCUT2D eigenvalue weighted by atomic mass is 16.5. The normalized spacial score (nSPS) is 14.3. The fraction of sp³-hybridized carbons (Fsp3) is 0.364. The van der Waals surface area contributed by atoms with Crippen LogP contribution < -0.4 is 21.9 Å². The average molecular weight is 402 g/mol. The first kappa shape index (κ1) is 24.3. The van der Waals surface area contributed by atoms with E-state index in [1.165, 1.54) is 32.1 Å². The summed E-state index contributed by atoms with van der Waals surface area (Å²) in [6.45, 7) is -0.00463. The molecule has 1 unspecified atom stereocenters. The van der Waals surface area contributed by atoms with E-state index >= 15 is 0 Å². The summed E-state index contributed by atoms with van der Waals surface area (Å²) in [5, 5.41) is 7.98. The number of ether oxygens (including phenoxy) is 1. The second kappa shape index (κ2) is 14.3. The molecule has 0 amide bonds. The summed E-state index contributed by atoms with van der Waals surface area (Å²) in [7, 11) is 0. The third-order valence-corrected chi connectivity index (χ3v) is 4.19. The van der Waals surface area contributed by atoms with Crippen molar-refractivity contribution in [1.82, 2.24) is 0 Å². The molecule has 1 aliphatic carbocycles. The van der Waals surface area contributed by atoms with Crippen LogP contribution in [0.4, 0.5) is 0 Å². The number of aliphatic carboxylic acids is 1. The maximum atomic E-state index is 10.6.